The molecule has 2 heterocycles. The normalized spacial score (nSPS) is 24.7. The van der Waals surface area contributed by atoms with Crippen molar-refractivity contribution < 1.29 is 63.9 Å². The van der Waals surface area contributed by atoms with Gasteiger partial charge in [-0.2, -0.15) is 0 Å². The van der Waals surface area contributed by atoms with Crippen molar-refractivity contribution >= 4 is 11.8 Å². The maximum Gasteiger partial charge on any atom is 2.00 e. The molecular weight excluding hydrogens is 675 g/mol. The number of halogens is 2. The van der Waals surface area contributed by atoms with Gasteiger partial charge in [-0.1, -0.05) is 60.7 Å². The Morgan fingerprint density at radius 3 is 1.33 bits per heavy atom. The van der Waals surface area contributed by atoms with E-state index in [4.69, 9.17) is 19.5 Å². The maximum absolute atomic E-state index is 6.65. The first-order valence-electron chi connectivity index (χ1n) is 12.8. The zero-order valence-electron chi connectivity index (χ0n) is 20.5. The molecule has 2 aliphatic carbocycles. The fourth-order valence-corrected chi connectivity index (χ4v) is 6.49. The minimum atomic E-state index is -0.126. The van der Waals surface area contributed by atoms with E-state index in [1.165, 1.54) is 36.8 Å². The molecule has 0 N–H and O–H groups in total. The van der Waals surface area contributed by atoms with Gasteiger partial charge in [0, 0.05) is 0 Å². The number of hydrogen-bond acceptors (Lipinski definition) is 4. The van der Waals surface area contributed by atoms with Gasteiger partial charge in [-0.25, -0.2) is 9.98 Å². The molecular formula is C29H34Br2N2O2Pd. The maximum atomic E-state index is 6.65. The van der Waals surface area contributed by atoms with Crippen molar-refractivity contribution in [1.82, 2.24) is 0 Å². The van der Waals surface area contributed by atoms with E-state index >= 15 is 0 Å². The van der Waals surface area contributed by atoms with Gasteiger partial charge in [-0.05, 0) is 75.3 Å². The number of ether oxygens (including phenoxy) is 2. The van der Waals surface area contributed by atoms with Gasteiger partial charge in [0.05, 0.1) is 18.5 Å². The van der Waals surface area contributed by atoms with Crippen LogP contribution in [0, 0.1) is 0 Å². The largest absolute Gasteiger partial charge is 2.00 e. The third-order valence-electron chi connectivity index (χ3n) is 8.20. The fraction of sp³-hybridized carbons (Fsp3) is 0.517. The van der Waals surface area contributed by atoms with E-state index in [-0.39, 0.29) is 77.7 Å². The second-order valence-electron chi connectivity index (χ2n) is 10.4. The Morgan fingerprint density at radius 1 is 0.611 bits per heavy atom. The van der Waals surface area contributed by atoms with Crippen molar-refractivity contribution in [3.63, 3.8) is 0 Å². The third-order valence-corrected chi connectivity index (χ3v) is 8.20. The first-order chi connectivity index (χ1) is 16.2. The molecule has 2 aromatic carbocycles. The van der Waals surface area contributed by atoms with E-state index in [2.05, 4.69) is 60.7 Å². The second kappa shape index (κ2) is 12.7. The van der Waals surface area contributed by atoms with Crippen LogP contribution in [0.25, 0.3) is 0 Å². The standard InChI is InChI=1S/C29H34N2O2.2BrH.Pd/c1-3-11-22(12-4-1)19-24-28(15-7-8-16-28)32-26(30-24)21-27-31-25(20-23-13-5-2-6-14-23)29(33-27)17-9-10-18-29;;;/h1-6,11-14,24-25H,7-10,15-21H2;2*1H;/q;;;+2/p-2/t24-,25-;;;/m1.../s1. The van der Waals surface area contributed by atoms with E-state index in [1.807, 2.05) is 0 Å². The van der Waals surface area contributed by atoms with Crippen LogP contribution in [0.15, 0.2) is 70.6 Å². The van der Waals surface area contributed by atoms with E-state index < -0.39 is 0 Å². The quantitative estimate of drug-likeness (QED) is 0.400. The summed E-state index contributed by atoms with van der Waals surface area (Å²) in [6.07, 6.45) is 11.8. The molecule has 196 valence electrons. The molecule has 6 rings (SSSR count). The summed E-state index contributed by atoms with van der Waals surface area (Å²) in [4.78, 5) is 10.3. The molecule has 0 aromatic heterocycles. The fourth-order valence-electron chi connectivity index (χ4n) is 6.49. The van der Waals surface area contributed by atoms with Crippen LogP contribution >= 0.6 is 0 Å². The van der Waals surface area contributed by atoms with E-state index in [1.54, 1.807) is 0 Å². The summed E-state index contributed by atoms with van der Waals surface area (Å²) < 4.78 is 13.3. The van der Waals surface area contributed by atoms with Crippen LogP contribution in [-0.4, -0.2) is 35.1 Å². The molecule has 4 nitrogen and oxygen atoms in total. The van der Waals surface area contributed by atoms with Crippen molar-refractivity contribution in [1.29, 1.82) is 0 Å². The molecule has 0 radical (unpaired) electrons. The predicted molar refractivity (Wildman–Crippen MR) is 132 cm³/mol. The molecule has 0 amide bonds. The van der Waals surface area contributed by atoms with Crippen molar-refractivity contribution in [2.75, 3.05) is 0 Å². The van der Waals surface area contributed by atoms with Gasteiger partial charge in [0.2, 0.25) is 0 Å². The summed E-state index contributed by atoms with van der Waals surface area (Å²) >= 11 is 0. The first kappa shape index (κ1) is 29.6. The molecule has 36 heavy (non-hydrogen) atoms. The monoisotopic (exact) mass is 706 g/mol. The number of rotatable bonds is 6. The number of benzene rings is 2. The van der Waals surface area contributed by atoms with E-state index in [9.17, 15) is 0 Å². The Morgan fingerprint density at radius 2 is 0.972 bits per heavy atom. The van der Waals surface area contributed by atoms with Crippen LogP contribution in [0.5, 0.6) is 0 Å². The molecule has 2 aromatic rings. The van der Waals surface area contributed by atoms with Crippen LogP contribution < -0.4 is 34.0 Å². The second-order valence-corrected chi connectivity index (χ2v) is 10.4. The van der Waals surface area contributed by atoms with Gasteiger partial charge in [0.1, 0.15) is 11.2 Å². The predicted octanol–water partition coefficient (Wildman–Crippen LogP) is 0.0876. The molecule has 0 unspecified atom stereocenters. The Labute approximate surface area is 249 Å². The van der Waals surface area contributed by atoms with Crippen LogP contribution in [0.3, 0.4) is 0 Å². The molecule has 0 bridgehead atoms. The van der Waals surface area contributed by atoms with E-state index in [0.29, 0.717) is 6.42 Å². The molecule has 4 aliphatic rings. The number of nitrogens with zero attached hydrogens (tertiary/aromatic N) is 2. The number of aliphatic imine (C=N–C) groups is 2. The Balaban J connectivity index is 0.00000120. The summed E-state index contributed by atoms with van der Waals surface area (Å²) in [5, 5.41) is 0. The summed E-state index contributed by atoms with van der Waals surface area (Å²) in [5.41, 5.74) is 2.42. The van der Waals surface area contributed by atoms with Crippen LogP contribution in [0.1, 0.15) is 68.9 Å². The van der Waals surface area contributed by atoms with Crippen molar-refractivity contribution in [2.24, 2.45) is 9.98 Å². The average Bonchev–Trinajstić information content (AvgIpc) is 3.62. The molecule has 2 saturated carbocycles. The molecule has 0 saturated heterocycles. The van der Waals surface area contributed by atoms with Crippen LogP contribution in [0.2, 0.25) is 0 Å². The topological polar surface area (TPSA) is 43.2 Å². The van der Waals surface area contributed by atoms with Gasteiger partial charge in [-0.15, -0.1) is 0 Å². The summed E-state index contributed by atoms with van der Waals surface area (Å²) in [5.74, 6) is 1.68. The van der Waals surface area contributed by atoms with Gasteiger partial charge in [-0.3, -0.25) is 0 Å². The minimum absolute atomic E-state index is 0. The molecule has 7 heteroatoms. The molecule has 2 spiro atoms. The van der Waals surface area contributed by atoms with Gasteiger partial charge in [0.15, 0.2) is 11.8 Å². The van der Waals surface area contributed by atoms with E-state index in [0.717, 1.165) is 50.3 Å². The third kappa shape index (κ3) is 6.01. The molecule has 2 aliphatic heterocycles. The van der Waals surface area contributed by atoms with Gasteiger partial charge < -0.3 is 43.4 Å². The van der Waals surface area contributed by atoms with Crippen LogP contribution in [0.4, 0.5) is 0 Å². The summed E-state index contributed by atoms with van der Waals surface area (Å²) in [7, 11) is 0. The summed E-state index contributed by atoms with van der Waals surface area (Å²) in [6, 6.07) is 21.8. The SMILES string of the molecule is [Br-].[Br-].[Pd+2].c1ccc(C[C@H]2N=C(CC3=N[C@H](Cc4ccccc4)C4(CCCC4)O3)OC23CCCC3)cc1. The summed E-state index contributed by atoms with van der Waals surface area (Å²) in [6.45, 7) is 0. The van der Waals surface area contributed by atoms with Crippen LogP contribution in [-0.2, 0) is 42.7 Å². The van der Waals surface area contributed by atoms with Crippen molar-refractivity contribution in [3.8, 4) is 0 Å². The van der Waals surface area contributed by atoms with Gasteiger partial charge >= 0.3 is 20.4 Å². The Bertz CT molecular complexity index is 952. The zero-order valence-corrected chi connectivity index (χ0v) is 25.2. The molecule has 2 fully saturated rings. The Kier molecular flexibility index (Phi) is 10.4. The average molecular weight is 709 g/mol. The number of hydrogen-bond donors (Lipinski definition) is 0. The smallest absolute Gasteiger partial charge is 1.00 e. The van der Waals surface area contributed by atoms with Crippen molar-refractivity contribution in [2.45, 2.75) is 93.9 Å². The van der Waals surface area contributed by atoms with Crippen molar-refractivity contribution in [3.05, 3.63) is 71.8 Å². The minimum Gasteiger partial charge on any atom is -1.00 e. The molecule has 2 atom stereocenters. The first-order valence-corrected chi connectivity index (χ1v) is 12.8. The zero-order chi connectivity index (χ0) is 22.1. The van der Waals surface area contributed by atoms with Gasteiger partial charge in [0.25, 0.3) is 0 Å². The Hall–Kier alpha value is -0.998.